The minimum absolute atomic E-state index is 0.175. The first-order chi connectivity index (χ1) is 15.5. The van der Waals surface area contributed by atoms with Crippen LogP contribution in [0.2, 0.25) is 0 Å². The van der Waals surface area contributed by atoms with E-state index in [2.05, 4.69) is 10.4 Å². The zero-order valence-corrected chi connectivity index (χ0v) is 18.2. The summed E-state index contributed by atoms with van der Waals surface area (Å²) in [6.07, 6.45) is 0. The highest BCUT2D eigenvalue weighted by molar-refractivity contribution is 6.04. The lowest BCUT2D eigenvalue weighted by Crippen LogP contribution is -2.13. The summed E-state index contributed by atoms with van der Waals surface area (Å²) in [6, 6.07) is 24.8. The van der Waals surface area contributed by atoms with E-state index in [-0.39, 0.29) is 5.91 Å². The van der Waals surface area contributed by atoms with Gasteiger partial charge in [0.1, 0.15) is 12.4 Å². The third-order valence-electron chi connectivity index (χ3n) is 5.36. The maximum Gasteiger partial charge on any atom is 0.255 e. The van der Waals surface area contributed by atoms with Gasteiger partial charge < -0.3 is 15.8 Å². The lowest BCUT2D eigenvalue weighted by molar-refractivity contribution is 0.102. The van der Waals surface area contributed by atoms with E-state index >= 15 is 0 Å². The number of hydrogen-bond donors (Lipinski definition) is 2. The van der Waals surface area contributed by atoms with E-state index in [0.717, 1.165) is 39.6 Å². The number of nitrogens with two attached hydrogens (primary N) is 1. The molecule has 0 aliphatic carbocycles. The number of amides is 1. The van der Waals surface area contributed by atoms with Gasteiger partial charge in [0.25, 0.3) is 5.91 Å². The Balaban J connectivity index is 1.42. The minimum Gasteiger partial charge on any atom is -0.489 e. The second kappa shape index (κ2) is 9.39. The van der Waals surface area contributed by atoms with Crippen LogP contribution in [-0.4, -0.2) is 15.7 Å². The molecule has 3 N–H and O–H groups in total. The number of nitrogens with zero attached hydrogens (tertiary/aromatic N) is 2. The number of aryl methyl sites for hydroxylation is 1. The van der Waals surface area contributed by atoms with Crippen molar-refractivity contribution in [2.45, 2.75) is 27.0 Å². The molecule has 1 heterocycles. The van der Waals surface area contributed by atoms with Gasteiger partial charge in [-0.15, -0.1) is 0 Å². The highest BCUT2D eigenvalue weighted by Crippen LogP contribution is 2.23. The van der Waals surface area contributed by atoms with Gasteiger partial charge in [-0.05, 0) is 55.3 Å². The molecule has 0 saturated heterocycles. The molecule has 0 saturated carbocycles. The van der Waals surface area contributed by atoms with Gasteiger partial charge in [-0.2, -0.15) is 5.10 Å². The average Bonchev–Trinajstić information content (AvgIpc) is 3.07. The summed E-state index contributed by atoms with van der Waals surface area (Å²) >= 11 is 0. The third-order valence-corrected chi connectivity index (χ3v) is 5.36. The van der Waals surface area contributed by atoms with Crippen molar-refractivity contribution in [3.63, 3.8) is 0 Å². The van der Waals surface area contributed by atoms with E-state index in [1.165, 1.54) is 0 Å². The first-order valence-corrected chi connectivity index (χ1v) is 10.5. The van der Waals surface area contributed by atoms with Crippen LogP contribution in [0.5, 0.6) is 5.75 Å². The van der Waals surface area contributed by atoms with Gasteiger partial charge in [-0.25, -0.2) is 0 Å². The molecule has 4 aromatic rings. The summed E-state index contributed by atoms with van der Waals surface area (Å²) in [6.45, 7) is 4.82. The molecular formula is C26H26N4O2. The standard InChI is InChI=1S/C26H26N4O2/c1-18-25(19(2)30(29-18)16-22-8-6-7-11-24(22)27)28-26(31)21-14-12-20(13-15-21)17-32-23-9-4-3-5-10-23/h3-15H,16-17,27H2,1-2H3,(H,28,31). The first-order valence-electron chi connectivity index (χ1n) is 10.5. The Hall–Kier alpha value is -4.06. The van der Waals surface area contributed by atoms with Gasteiger partial charge in [-0.1, -0.05) is 48.5 Å². The zero-order chi connectivity index (χ0) is 22.5. The molecule has 0 bridgehead atoms. The maximum absolute atomic E-state index is 12.8. The number of aromatic nitrogens is 2. The van der Waals surface area contributed by atoms with Crippen molar-refractivity contribution in [2.75, 3.05) is 11.1 Å². The molecule has 1 amide bonds. The largest absolute Gasteiger partial charge is 0.489 e. The summed E-state index contributed by atoms with van der Waals surface area (Å²) in [7, 11) is 0. The second-order valence-electron chi connectivity index (χ2n) is 7.66. The Morgan fingerprint density at radius 1 is 0.969 bits per heavy atom. The fourth-order valence-electron chi connectivity index (χ4n) is 3.49. The first kappa shape index (κ1) is 21.2. The van der Waals surface area contributed by atoms with Crippen LogP contribution < -0.4 is 15.8 Å². The Morgan fingerprint density at radius 2 is 1.66 bits per heavy atom. The molecule has 3 aromatic carbocycles. The van der Waals surface area contributed by atoms with Gasteiger partial charge >= 0.3 is 0 Å². The minimum atomic E-state index is -0.175. The van der Waals surface area contributed by atoms with Crippen molar-refractivity contribution in [1.29, 1.82) is 0 Å². The van der Waals surface area contributed by atoms with Crippen LogP contribution in [0.4, 0.5) is 11.4 Å². The third kappa shape index (κ3) is 4.81. The SMILES string of the molecule is Cc1nn(Cc2ccccc2N)c(C)c1NC(=O)c1ccc(COc2ccccc2)cc1. The molecule has 1 aromatic heterocycles. The van der Waals surface area contributed by atoms with Crippen LogP contribution in [0.15, 0.2) is 78.9 Å². The summed E-state index contributed by atoms with van der Waals surface area (Å²) in [5.41, 5.74) is 11.7. The molecule has 0 fully saturated rings. The lowest BCUT2D eigenvalue weighted by atomic mass is 10.1. The van der Waals surface area contributed by atoms with Gasteiger partial charge in [0, 0.05) is 11.3 Å². The van der Waals surface area contributed by atoms with Crippen molar-refractivity contribution in [1.82, 2.24) is 9.78 Å². The Morgan fingerprint density at radius 3 is 2.38 bits per heavy atom. The highest BCUT2D eigenvalue weighted by atomic mass is 16.5. The average molecular weight is 427 g/mol. The van der Waals surface area contributed by atoms with Crippen molar-refractivity contribution in [2.24, 2.45) is 0 Å². The monoisotopic (exact) mass is 426 g/mol. The van der Waals surface area contributed by atoms with Gasteiger partial charge in [-0.3, -0.25) is 9.48 Å². The number of ether oxygens (including phenoxy) is 1. The van der Waals surface area contributed by atoms with Gasteiger partial charge in [0.2, 0.25) is 0 Å². The number of hydrogen-bond acceptors (Lipinski definition) is 4. The Bertz CT molecular complexity index is 1210. The predicted octanol–water partition coefficient (Wildman–Crippen LogP) is 4.96. The van der Waals surface area contributed by atoms with Crippen molar-refractivity contribution in [3.8, 4) is 5.75 Å². The van der Waals surface area contributed by atoms with Crippen LogP contribution in [0.3, 0.4) is 0 Å². The zero-order valence-electron chi connectivity index (χ0n) is 18.2. The second-order valence-corrected chi connectivity index (χ2v) is 7.66. The molecule has 0 spiro atoms. The van der Waals surface area contributed by atoms with E-state index in [1.54, 1.807) is 12.1 Å². The fraction of sp³-hybridized carbons (Fsp3) is 0.154. The highest BCUT2D eigenvalue weighted by Gasteiger charge is 2.16. The van der Waals surface area contributed by atoms with Crippen molar-refractivity contribution >= 4 is 17.3 Å². The van der Waals surface area contributed by atoms with E-state index in [0.29, 0.717) is 18.7 Å². The van der Waals surface area contributed by atoms with Gasteiger partial charge in [0.15, 0.2) is 0 Å². The Kier molecular flexibility index (Phi) is 6.22. The molecular weight excluding hydrogens is 400 g/mol. The number of para-hydroxylation sites is 2. The fourth-order valence-corrected chi connectivity index (χ4v) is 3.49. The van der Waals surface area contributed by atoms with Crippen LogP contribution in [-0.2, 0) is 13.2 Å². The number of nitrogens with one attached hydrogen (secondary N) is 1. The van der Waals surface area contributed by atoms with Crippen molar-refractivity contribution < 1.29 is 9.53 Å². The number of carbonyl (C=O) groups is 1. The quantitative estimate of drug-likeness (QED) is 0.409. The molecule has 32 heavy (non-hydrogen) atoms. The molecule has 6 heteroatoms. The van der Waals surface area contributed by atoms with Crippen LogP contribution in [0.25, 0.3) is 0 Å². The predicted molar refractivity (Wildman–Crippen MR) is 127 cm³/mol. The van der Waals surface area contributed by atoms with E-state index in [9.17, 15) is 4.79 Å². The summed E-state index contributed by atoms with van der Waals surface area (Å²) in [5.74, 6) is 0.639. The van der Waals surface area contributed by atoms with Crippen LogP contribution >= 0.6 is 0 Å². The van der Waals surface area contributed by atoms with E-state index < -0.39 is 0 Å². The molecule has 0 unspecified atom stereocenters. The van der Waals surface area contributed by atoms with Crippen LogP contribution in [0, 0.1) is 13.8 Å². The smallest absolute Gasteiger partial charge is 0.255 e. The van der Waals surface area contributed by atoms with Gasteiger partial charge in [0.05, 0.1) is 23.6 Å². The molecule has 0 radical (unpaired) electrons. The molecule has 0 aliphatic heterocycles. The van der Waals surface area contributed by atoms with Crippen LogP contribution in [0.1, 0.15) is 32.9 Å². The number of anilines is 2. The normalized spacial score (nSPS) is 10.7. The Labute approximate surface area is 187 Å². The molecule has 4 rings (SSSR count). The molecule has 6 nitrogen and oxygen atoms in total. The van der Waals surface area contributed by atoms with E-state index in [1.807, 2.05) is 85.3 Å². The number of nitrogen functional groups attached to an aromatic ring is 1. The molecule has 162 valence electrons. The van der Waals surface area contributed by atoms with Crippen molar-refractivity contribution in [3.05, 3.63) is 107 Å². The topological polar surface area (TPSA) is 82.2 Å². The van der Waals surface area contributed by atoms with E-state index in [4.69, 9.17) is 10.5 Å². The summed E-state index contributed by atoms with van der Waals surface area (Å²) in [4.78, 5) is 12.8. The summed E-state index contributed by atoms with van der Waals surface area (Å²) < 4.78 is 7.62. The number of rotatable bonds is 7. The summed E-state index contributed by atoms with van der Waals surface area (Å²) in [5, 5.41) is 7.60. The number of carbonyl (C=O) groups excluding carboxylic acids is 1. The number of benzene rings is 3. The maximum atomic E-state index is 12.8. The molecule has 0 aliphatic rings. The lowest BCUT2D eigenvalue weighted by Gasteiger charge is -2.09. The molecule has 0 atom stereocenters.